The Kier molecular flexibility index (Phi) is 3.51. The normalized spacial score (nSPS) is 14.4. The molecule has 0 amide bonds. The Balaban J connectivity index is 2.22. The van der Waals surface area contributed by atoms with Crippen LogP contribution >= 0.6 is 22.6 Å². The third-order valence-corrected chi connectivity index (χ3v) is 3.34. The van der Waals surface area contributed by atoms with Gasteiger partial charge in [-0.1, -0.05) is 12.1 Å². The number of nitrogens with zero attached hydrogens (tertiary/aromatic N) is 2. The molecule has 0 unspecified atom stereocenters. The van der Waals surface area contributed by atoms with Gasteiger partial charge in [-0.3, -0.25) is 4.79 Å². The number of halogens is 1. The van der Waals surface area contributed by atoms with E-state index in [1.807, 2.05) is 60.6 Å². The summed E-state index contributed by atoms with van der Waals surface area (Å²) in [5.74, 6) is 0.910. The van der Waals surface area contributed by atoms with Gasteiger partial charge in [-0.25, -0.2) is 0 Å². The molecule has 17 heavy (non-hydrogen) atoms. The van der Waals surface area contributed by atoms with Crippen LogP contribution in [0.5, 0.6) is 0 Å². The van der Waals surface area contributed by atoms with Gasteiger partial charge in [-0.2, -0.15) is 0 Å². The van der Waals surface area contributed by atoms with Crippen molar-refractivity contribution in [2.24, 2.45) is 0 Å². The maximum atomic E-state index is 12.0. The average molecular weight is 340 g/mol. The van der Waals surface area contributed by atoms with Gasteiger partial charge in [0.05, 0.1) is 0 Å². The Hall–Kier alpha value is -1.30. The SMILES string of the molecule is CN1C=CN(C)C1=CC(=O)c1ccc(I)cc1. The van der Waals surface area contributed by atoms with Crippen LogP contribution in [0.25, 0.3) is 0 Å². The fourth-order valence-corrected chi connectivity index (χ4v) is 1.98. The highest BCUT2D eigenvalue weighted by atomic mass is 127. The molecule has 0 atom stereocenters. The fourth-order valence-electron chi connectivity index (χ4n) is 1.62. The van der Waals surface area contributed by atoms with E-state index in [9.17, 15) is 4.79 Å². The Bertz CT molecular complexity index is 477. The van der Waals surface area contributed by atoms with Crippen molar-refractivity contribution in [3.8, 4) is 0 Å². The van der Waals surface area contributed by atoms with Gasteiger partial charge in [-0.05, 0) is 34.7 Å². The maximum Gasteiger partial charge on any atom is 0.189 e. The summed E-state index contributed by atoms with van der Waals surface area (Å²) in [6.07, 6.45) is 5.50. The van der Waals surface area contributed by atoms with Crippen molar-refractivity contribution in [3.05, 3.63) is 57.7 Å². The molecule has 0 spiro atoms. The monoisotopic (exact) mass is 340 g/mol. The van der Waals surface area contributed by atoms with Crippen molar-refractivity contribution in [2.45, 2.75) is 0 Å². The van der Waals surface area contributed by atoms with Crippen LogP contribution in [0.4, 0.5) is 0 Å². The number of rotatable bonds is 2. The minimum absolute atomic E-state index is 0.0267. The summed E-state index contributed by atoms with van der Waals surface area (Å²) in [5, 5.41) is 0. The highest BCUT2D eigenvalue weighted by Gasteiger charge is 2.14. The van der Waals surface area contributed by atoms with Crippen molar-refractivity contribution in [1.29, 1.82) is 0 Å². The third-order valence-electron chi connectivity index (χ3n) is 2.63. The van der Waals surface area contributed by atoms with E-state index in [-0.39, 0.29) is 5.78 Å². The molecule has 0 saturated carbocycles. The molecule has 88 valence electrons. The maximum absolute atomic E-state index is 12.0. The smallest absolute Gasteiger partial charge is 0.189 e. The summed E-state index contributed by atoms with van der Waals surface area (Å²) < 4.78 is 1.13. The van der Waals surface area contributed by atoms with Crippen molar-refractivity contribution in [3.63, 3.8) is 0 Å². The number of allylic oxidation sites excluding steroid dienone is 1. The molecule has 0 saturated heterocycles. The predicted octanol–water partition coefficient (Wildman–Crippen LogP) is 2.66. The minimum Gasteiger partial charge on any atom is -0.336 e. The summed E-state index contributed by atoms with van der Waals surface area (Å²) in [6, 6.07) is 7.58. The summed E-state index contributed by atoms with van der Waals surface area (Å²) in [5.41, 5.74) is 0.714. The van der Waals surface area contributed by atoms with E-state index in [2.05, 4.69) is 22.6 Å². The van der Waals surface area contributed by atoms with E-state index in [1.165, 1.54) is 0 Å². The van der Waals surface area contributed by atoms with E-state index in [0.29, 0.717) is 5.56 Å². The highest BCUT2D eigenvalue weighted by Crippen LogP contribution is 2.16. The van der Waals surface area contributed by atoms with Crippen LogP contribution in [0.15, 0.2) is 48.6 Å². The van der Waals surface area contributed by atoms with Gasteiger partial charge < -0.3 is 9.80 Å². The summed E-state index contributed by atoms with van der Waals surface area (Å²) in [6.45, 7) is 0. The zero-order valence-corrected chi connectivity index (χ0v) is 11.9. The topological polar surface area (TPSA) is 23.6 Å². The first-order valence-corrected chi connectivity index (χ1v) is 6.31. The second-order valence-corrected chi connectivity index (χ2v) is 5.14. The van der Waals surface area contributed by atoms with Crippen LogP contribution in [-0.4, -0.2) is 29.7 Å². The van der Waals surface area contributed by atoms with Crippen molar-refractivity contribution in [2.75, 3.05) is 14.1 Å². The van der Waals surface area contributed by atoms with Gasteiger partial charge in [0, 0.05) is 41.7 Å². The summed E-state index contributed by atoms with van der Waals surface area (Å²) in [4.78, 5) is 15.9. The van der Waals surface area contributed by atoms with Gasteiger partial charge in [-0.15, -0.1) is 0 Å². The van der Waals surface area contributed by atoms with Gasteiger partial charge in [0.25, 0.3) is 0 Å². The van der Waals surface area contributed by atoms with E-state index in [1.54, 1.807) is 6.08 Å². The lowest BCUT2D eigenvalue weighted by Gasteiger charge is -2.17. The molecule has 0 N–H and O–H groups in total. The standard InChI is InChI=1S/C13H13IN2O/c1-15-7-8-16(2)13(15)9-12(17)10-3-5-11(14)6-4-10/h3-9H,1-2H3. The number of benzene rings is 1. The molecule has 3 nitrogen and oxygen atoms in total. The molecule has 1 aromatic carbocycles. The molecule has 4 heteroatoms. The lowest BCUT2D eigenvalue weighted by molar-refractivity contribution is 0.104. The number of carbonyl (C=O) groups excluding carboxylic acids is 1. The Labute approximate surface area is 115 Å². The number of hydrogen-bond acceptors (Lipinski definition) is 3. The molecule has 1 aromatic rings. The molecule has 0 fully saturated rings. The highest BCUT2D eigenvalue weighted by molar-refractivity contribution is 14.1. The Morgan fingerprint density at radius 1 is 1.12 bits per heavy atom. The van der Waals surface area contributed by atoms with Crippen molar-refractivity contribution >= 4 is 28.4 Å². The van der Waals surface area contributed by atoms with Crippen LogP contribution in [0.1, 0.15) is 10.4 Å². The lowest BCUT2D eigenvalue weighted by Crippen LogP contribution is -2.17. The first-order chi connectivity index (χ1) is 8.08. The molecule has 0 bridgehead atoms. The molecule has 2 rings (SSSR count). The molecule has 1 aliphatic heterocycles. The molecule has 0 aliphatic carbocycles. The minimum atomic E-state index is 0.0267. The van der Waals surface area contributed by atoms with Crippen LogP contribution in [-0.2, 0) is 0 Å². The zero-order chi connectivity index (χ0) is 12.4. The summed E-state index contributed by atoms with van der Waals surface area (Å²) >= 11 is 2.22. The lowest BCUT2D eigenvalue weighted by atomic mass is 10.1. The number of hydrogen-bond donors (Lipinski definition) is 0. The second-order valence-electron chi connectivity index (χ2n) is 3.89. The van der Waals surface area contributed by atoms with E-state index >= 15 is 0 Å². The first-order valence-electron chi connectivity index (χ1n) is 5.23. The van der Waals surface area contributed by atoms with Gasteiger partial charge in [0.15, 0.2) is 5.78 Å². The summed E-state index contributed by atoms with van der Waals surface area (Å²) in [7, 11) is 3.85. The van der Waals surface area contributed by atoms with Gasteiger partial charge in [0.2, 0.25) is 0 Å². The number of carbonyl (C=O) groups is 1. The van der Waals surface area contributed by atoms with Crippen LogP contribution in [0.2, 0.25) is 0 Å². The molecular weight excluding hydrogens is 327 g/mol. The third kappa shape index (κ3) is 2.69. The fraction of sp³-hybridized carbons (Fsp3) is 0.154. The van der Waals surface area contributed by atoms with Gasteiger partial charge >= 0.3 is 0 Å². The van der Waals surface area contributed by atoms with Crippen LogP contribution in [0, 0.1) is 3.57 Å². The second kappa shape index (κ2) is 4.91. The molecular formula is C13H13IN2O. The van der Waals surface area contributed by atoms with E-state index < -0.39 is 0 Å². The van der Waals surface area contributed by atoms with Crippen LogP contribution < -0.4 is 0 Å². The number of ketones is 1. The molecule has 0 radical (unpaired) electrons. The first kappa shape index (κ1) is 12.2. The zero-order valence-electron chi connectivity index (χ0n) is 9.72. The van der Waals surface area contributed by atoms with Gasteiger partial charge in [0.1, 0.15) is 5.82 Å². The quantitative estimate of drug-likeness (QED) is 0.470. The van der Waals surface area contributed by atoms with Crippen molar-refractivity contribution < 1.29 is 4.79 Å². The van der Waals surface area contributed by atoms with E-state index in [0.717, 1.165) is 9.39 Å². The average Bonchev–Trinajstić information content (AvgIpc) is 2.61. The largest absolute Gasteiger partial charge is 0.336 e. The van der Waals surface area contributed by atoms with Crippen molar-refractivity contribution in [1.82, 2.24) is 9.80 Å². The molecule has 1 aliphatic rings. The van der Waals surface area contributed by atoms with Crippen LogP contribution in [0.3, 0.4) is 0 Å². The molecule has 0 aromatic heterocycles. The van der Waals surface area contributed by atoms with E-state index in [4.69, 9.17) is 0 Å². The predicted molar refractivity (Wildman–Crippen MR) is 76.2 cm³/mol. The Morgan fingerprint density at radius 2 is 1.65 bits per heavy atom. The molecule has 1 heterocycles. The Morgan fingerprint density at radius 3 is 2.18 bits per heavy atom.